The predicted octanol–water partition coefficient (Wildman–Crippen LogP) is 0.981. The van der Waals surface area contributed by atoms with E-state index in [0.29, 0.717) is 44.8 Å². The van der Waals surface area contributed by atoms with Gasteiger partial charge >= 0.3 is 0 Å². The molecule has 0 aromatic carbocycles. The van der Waals surface area contributed by atoms with Crippen LogP contribution in [0.15, 0.2) is 12.2 Å². The lowest BCUT2D eigenvalue weighted by Crippen LogP contribution is -2.35. The smallest absolute Gasteiger partial charge is 0.223 e. The van der Waals surface area contributed by atoms with Crippen LogP contribution >= 0.6 is 0 Å². The third-order valence-corrected chi connectivity index (χ3v) is 3.72. The number of hydrogen-bond acceptors (Lipinski definition) is 3. The average Bonchev–Trinajstić information content (AvgIpc) is 3.04. The van der Waals surface area contributed by atoms with E-state index >= 15 is 0 Å². The average molecular weight is 263 g/mol. The van der Waals surface area contributed by atoms with Crippen LogP contribution in [0.2, 0.25) is 0 Å². The lowest BCUT2D eigenvalue weighted by molar-refractivity contribution is -0.126. The van der Waals surface area contributed by atoms with Gasteiger partial charge in [0.25, 0.3) is 0 Å². The second kappa shape index (κ2) is 7.32. The van der Waals surface area contributed by atoms with Crippen LogP contribution in [0.4, 0.5) is 0 Å². The highest BCUT2D eigenvalue weighted by Gasteiger charge is 2.39. The van der Waals surface area contributed by atoms with Gasteiger partial charge < -0.3 is 14.8 Å². The van der Waals surface area contributed by atoms with Crippen LogP contribution in [0.25, 0.3) is 0 Å². The van der Waals surface area contributed by atoms with Crippen molar-refractivity contribution in [2.45, 2.75) is 12.8 Å². The van der Waals surface area contributed by atoms with E-state index in [2.05, 4.69) is 23.4 Å². The molecule has 3 unspecified atom stereocenters. The third kappa shape index (κ3) is 4.09. The van der Waals surface area contributed by atoms with E-state index in [1.807, 2.05) is 0 Å². The summed E-state index contributed by atoms with van der Waals surface area (Å²) in [6.07, 6.45) is 11.6. The van der Waals surface area contributed by atoms with Gasteiger partial charge in [-0.25, -0.2) is 0 Å². The van der Waals surface area contributed by atoms with E-state index < -0.39 is 0 Å². The van der Waals surface area contributed by atoms with Crippen LogP contribution in [-0.4, -0.2) is 38.9 Å². The van der Waals surface area contributed by atoms with Crippen molar-refractivity contribution < 1.29 is 14.3 Å². The number of rotatable bonds is 8. The minimum absolute atomic E-state index is 0.170. The zero-order chi connectivity index (χ0) is 13.5. The summed E-state index contributed by atoms with van der Waals surface area (Å²) in [6.45, 7) is 2.40. The molecule has 1 fully saturated rings. The molecule has 2 aliphatic carbocycles. The van der Waals surface area contributed by atoms with Crippen LogP contribution in [0.3, 0.4) is 0 Å². The summed E-state index contributed by atoms with van der Waals surface area (Å²) < 4.78 is 10.4. The Bertz CT molecular complexity index is 372. The summed E-state index contributed by atoms with van der Waals surface area (Å²) in [4.78, 5) is 12.0. The van der Waals surface area contributed by atoms with Gasteiger partial charge in [0.05, 0.1) is 19.8 Å². The molecule has 2 aliphatic rings. The largest absolute Gasteiger partial charge is 0.377 e. The van der Waals surface area contributed by atoms with Gasteiger partial charge in [0, 0.05) is 12.5 Å². The molecular weight excluding hydrogens is 242 g/mol. The summed E-state index contributed by atoms with van der Waals surface area (Å²) in [5.41, 5.74) is 0. The van der Waals surface area contributed by atoms with E-state index in [4.69, 9.17) is 15.9 Å². The highest BCUT2D eigenvalue weighted by Crippen LogP contribution is 2.43. The molecule has 3 atom stereocenters. The van der Waals surface area contributed by atoms with Crippen LogP contribution < -0.4 is 5.32 Å². The van der Waals surface area contributed by atoms with Crippen molar-refractivity contribution in [2.75, 3.05) is 33.0 Å². The quantitative estimate of drug-likeness (QED) is 0.403. The van der Waals surface area contributed by atoms with Crippen LogP contribution in [0.5, 0.6) is 0 Å². The zero-order valence-electron chi connectivity index (χ0n) is 11.1. The lowest BCUT2D eigenvalue weighted by atomic mass is 9.93. The number of carbonyl (C=O) groups is 1. The van der Waals surface area contributed by atoms with Crippen molar-refractivity contribution in [3.05, 3.63) is 12.2 Å². The van der Waals surface area contributed by atoms with Gasteiger partial charge in [0.15, 0.2) is 0 Å². The number of ether oxygens (including phenoxy) is 2. The Balaban J connectivity index is 1.49. The van der Waals surface area contributed by atoms with Crippen LogP contribution in [0.1, 0.15) is 12.8 Å². The van der Waals surface area contributed by atoms with Crippen molar-refractivity contribution in [3.8, 4) is 12.3 Å². The molecule has 1 amide bonds. The van der Waals surface area contributed by atoms with E-state index in [1.54, 1.807) is 0 Å². The molecule has 19 heavy (non-hydrogen) atoms. The summed E-state index contributed by atoms with van der Waals surface area (Å²) in [6, 6.07) is 0. The number of nitrogens with one attached hydrogen (secondary N) is 1. The first-order valence-corrected chi connectivity index (χ1v) is 6.86. The maximum absolute atomic E-state index is 12.0. The van der Waals surface area contributed by atoms with E-state index in [0.717, 1.165) is 12.8 Å². The fraction of sp³-hybridized carbons (Fsp3) is 0.667. The van der Waals surface area contributed by atoms with Gasteiger partial charge in [-0.15, -0.1) is 6.42 Å². The number of amides is 1. The van der Waals surface area contributed by atoms with E-state index in [-0.39, 0.29) is 11.8 Å². The van der Waals surface area contributed by atoms with E-state index in [9.17, 15) is 4.79 Å². The third-order valence-electron chi connectivity index (χ3n) is 3.72. The molecule has 1 N–H and O–H groups in total. The topological polar surface area (TPSA) is 47.6 Å². The zero-order valence-corrected chi connectivity index (χ0v) is 11.1. The Kier molecular flexibility index (Phi) is 5.44. The van der Waals surface area contributed by atoms with Crippen LogP contribution in [-0.2, 0) is 14.3 Å². The second-order valence-corrected chi connectivity index (χ2v) is 5.05. The van der Waals surface area contributed by atoms with Gasteiger partial charge in [-0.05, 0) is 24.7 Å². The number of terminal acetylenes is 1. The molecule has 104 valence electrons. The molecule has 0 spiro atoms. The van der Waals surface area contributed by atoms with Crippen molar-refractivity contribution in [1.82, 2.24) is 5.32 Å². The highest BCUT2D eigenvalue weighted by molar-refractivity contribution is 5.79. The van der Waals surface area contributed by atoms with Crippen molar-refractivity contribution in [1.29, 1.82) is 0 Å². The minimum Gasteiger partial charge on any atom is -0.377 e. The molecule has 0 saturated heterocycles. The number of allylic oxidation sites excluding steroid dienone is 2. The van der Waals surface area contributed by atoms with Crippen LogP contribution in [0, 0.1) is 30.1 Å². The van der Waals surface area contributed by atoms with Gasteiger partial charge in [-0.3, -0.25) is 4.79 Å². The minimum atomic E-state index is 0.170. The summed E-state index contributed by atoms with van der Waals surface area (Å²) in [7, 11) is 0. The molecule has 0 aliphatic heterocycles. The number of carbonyl (C=O) groups excluding carboxylic acids is 1. The molecule has 1 saturated carbocycles. The SMILES string of the molecule is C#CCOCCOCCNC(=O)C1CC2C=CC1C2. The predicted molar refractivity (Wildman–Crippen MR) is 72.3 cm³/mol. The molecule has 0 heterocycles. The standard InChI is InChI=1S/C15H21NO3/c1-2-6-18-8-9-19-7-5-16-15(17)14-11-12-3-4-13(14)10-12/h1,3-4,12-14H,5-11H2,(H,16,17). The lowest BCUT2D eigenvalue weighted by Gasteiger charge is -2.17. The summed E-state index contributed by atoms with van der Waals surface area (Å²) in [5.74, 6) is 3.83. The van der Waals surface area contributed by atoms with Gasteiger partial charge in [-0.2, -0.15) is 0 Å². The number of fused-ring (bicyclic) bond motifs is 2. The fourth-order valence-electron chi connectivity index (χ4n) is 2.81. The Morgan fingerprint density at radius 1 is 1.26 bits per heavy atom. The van der Waals surface area contributed by atoms with Gasteiger partial charge in [0.1, 0.15) is 6.61 Å². The molecule has 0 aromatic rings. The summed E-state index contributed by atoms with van der Waals surface area (Å²) in [5, 5.41) is 2.94. The number of hydrogen-bond donors (Lipinski definition) is 1. The first-order chi connectivity index (χ1) is 9.31. The van der Waals surface area contributed by atoms with Crippen molar-refractivity contribution >= 4 is 5.91 Å². The Hall–Kier alpha value is -1.31. The monoisotopic (exact) mass is 263 g/mol. The molecule has 2 rings (SSSR count). The molecule has 2 bridgehead atoms. The second-order valence-electron chi connectivity index (χ2n) is 5.05. The first kappa shape index (κ1) is 14.1. The fourth-order valence-corrected chi connectivity index (χ4v) is 2.81. The molecule has 4 nitrogen and oxygen atoms in total. The van der Waals surface area contributed by atoms with Crippen molar-refractivity contribution in [3.63, 3.8) is 0 Å². The van der Waals surface area contributed by atoms with Crippen molar-refractivity contribution in [2.24, 2.45) is 17.8 Å². The molecule has 4 heteroatoms. The van der Waals surface area contributed by atoms with Gasteiger partial charge in [-0.1, -0.05) is 18.1 Å². The molecule has 0 aromatic heterocycles. The Morgan fingerprint density at radius 3 is 2.79 bits per heavy atom. The molecule has 0 radical (unpaired) electrons. The Labute approximate surface area is 114 Å². The maximum Gasteiger partial charge on any atom is 0.223 e. The first-order valence-electron chi connectivity index (χ1n) is 6.86. The molecular formula is C15H21NO3. The maximum atomic E-state index is 12.0. The summed E-state index contributed by atoms with van der Waals surface area (Å²) >= 11 is 0. The van der Waals surface area contributed by atoms with Gasteiger partial charge in [0.2, 0.25) is 5.91 Å². The normalized spacial score (nSPS) is 27.4. The highest BCUT2D eigenvalue weighted by atomic mass is 16.5. The van der Waals surface area contributed by atoms with E-state index in [1.165, 1.54) is 0 Å². The Morgan fingerprint density at radius 2 is 2.11 bits per heavy atom.